The van der Waals surface area contributed by atoms with Crippen LogP contribution < -0.4 is 10.6 Å². The molecular weight excluding hydrogens is 510 g/mol. The second-order valence-corrected chi connectivity index (χ2v) is 13.3. The van der Waals surface area contributed by atoms with Crippen LogP contribution >= 0.6 is 0 Å². The molecule has 1 aliphatic rings. The maximum absolute atomic E-state index is 14.0. The lowest BCUT2D eigenvalue weighted by Crippen LogP contribution is -2.51. The highest BCUT2D eigenvalue weighted by Gasteiger charge is 2.45. The Balaban J connectivity index is 1.65. The van der Waals surface area contributed by atoms with Gasteiger partial charge >= 0.3 is 0 Å². The van der Waals surface area contributed by atoms with Crippen LogP contribution in [0.15, 0.2) is 89.8 Å². The first-order chi connectivity index (χ1) is 17.6. The standard InChI is InChI=1S/C27H31N3O5S2/c1-21(31)28-16-23-12-14-25(15-13-23)37(34,35)30(18-24-10-6-3-7-11-24)27-20-36(32,33)19-26(27)29-17-22-8-4-2-5-9-22/h2-15,26-27,29H,16-20H2,1H3,(H,28,31)/t26-,27-/m1/s1. The number of carbonyl (C=O) groups excluding carboxylic acids is 1. The van der Waals surface area contributed by atoms with Gasteiger partial charge in [0.05, 0.1) is 22.4 Å². The molecule has 0 radical (unpaired) electrons. The molecule has 10 heteroatoms. The SMILES string of the molecule is CC(=O)NCc1ccc(S(=O)(=O)N(Cc2ccccc2)[C@@H]2CS(=O)(=O)C[C@H]2NCc2ccccc2)cc1. The molecule has 0 aromatic heterocycles. The number of rotatable bonds is 10. The third kappa shape index (κ3) is 7.04. The Morgan fingerprint density at radius 3 is 2.00 bits per heavy atom. The van der Waals surface area contributed by atoms with Crippen LogP contribution in [-0.4, -0.2) is 50.6 Å². The van der Waals surface area contributed by atoms with Gasteiger partial charge in [0.15, 0.2) is 9.84 Å². The number of benzene rings is 3. The quantitative estimate of drug-likeness (QED) is 0.408. The van der Waals surface area contributed by atoms with Crippen LogP contribution in [0.3, 0.4) is 0 Å². The summed E-state index contributed by atoms with van der Waals surface area (Å²) in [5.74, 6) is -0.574. The third-order valence-corrected chi connectivity index (χ3v) is 9.96. The van der Waals surface area contributed by atoms with Gasteiger partial charge in [-0.15, -0.1) is 0 Å². The summed E-state index contributed by atoms with van der Waals surface area (Å²) in [5, 5.41) is 5.99. The average Bonchev–Trinajstić information content (AvgIpc) is 3.20. The molecule has 0 unspecified atom stereocenters. The summed E-state index contributed by atoms with van der Waals surface area (Å²) in [4.78, 5) is 11.3. The molecule has 196 valence electrons. The highest BCUT2D eigenvalue weighted by Crippen LogP contribution is 2.28. The van der Waals surface area contributed by atoms with Gasteiger partial charge in [-0.1, -0.05) is 72.8 Å². The second kappa shape index (κ2) is 11.6. The first-order valence-electron chi connectivity index (χ1n) is 12.0. The van der Waals surface area contributed by atoms with E-state index in [4.69, 9.17) is 0 Å². The van der Waals surface area contributed by atoms with E-state index in [2.05, 4.69) is 10.6 Å². The Morgan fingerprint density at radius 2 is 1.41 bits per heavy atom. The molecule has 2 atom stereocenters. The summed E-state index contributed by atoms with van der Waals surface area (Å²) in [7, 11) is -7.52. The zero-order valence-corrected chi connectivity index (χ0v) is 22.2. The fourth-order valence-electron chi connectivity index (χ4n) is 4.44. The summed E-state index contributed by atoms with van der Waals surface area (Å²) in [5.41, 5.74) is 2.51. The number of sulfone groups is 1. The summed E-state index contributed by atoms with van der Waals surface area (Å²) < 4.78 is 54.8. The second-order valence-electron chi connectivity index (χ2n) is 9.21. The Kier molecular flexibility index (Phi) is 8.43. The van der Waals surface area contributed by atoms with Crippen molar-refractivity contribution >= 4 is 25.8 Å². The van der Waals surface area contributed by atoms with Gasteiger partial charge in [-0.05, 0) is 28.8 Å². The third-order valence-electron chi connectivity index (χ3n) is 6.36. The Bertz CT molecular complexity index is 1410. The van der Waals surface area contributed by atoms with Gasteiger partial charge in [0.25, 0.3) is 0 Å². The van der Waals surface area contributed by atoms with E-state index in [9.17, 15) is 21.6 Å². The van der Waals surface area contributed by atoms with Crippen LogP contribution in [0.25, 0.3) is 0 Å². The van der Waals surface area contributed by atoms with Gasteiger partial charge in [-0.25, -0.2) is 16.8 Å². The van der Waals surface area contributed by atoms with Crippen molar-refractivity contribution in [3.63, 3.8) is 0 Å². The van der Waals surface area contributed by atoms with Gasteiger partial charge in [0, 0.05) is 32.6 Å². The van der Waals surface area contributed by atoms with Crippen molar-refractivity contribution in [3.8, 4) is 0 Å². The number of hydrogen-bond donors (Lipinski definition) is 2. The van der Waals surface area contributed by atoms with Crippen molar-refractivity contribution in [1.82, 2.24) is 14.9 Å². The molecule has 1 saturated heterocycles. The molecule has 0 aliphatic carbocycles. The fraction of sp³-hybridized carbons (Fsp3) is 0.296. The highest BCUT2D eigenvalue weighted by atomic mass is 32.2. The first kappa shape index (κ1) is 27.0. The Labute approximate surface area is 218 Å². The monoisotopic (exact) mass is 541 g/mol. The minimum Gasteiger partial charge on any atom is -0.352 e. The normalized spacial score (nSPS) is 19.1. The van der Waals surface area contributed by atoms with Crippen LogP contribution in [0.4, 0.5) is 0 Å². The van der Waals surface area contributed by atoms with Crippen molar-refractivity contribution in [2.75, 3.05) is 11.5 Å². The molecule has 3 aromatic rings. The summed E-state index contributed by atoms with van der Waals surface area (Å²) in [6.07, 6.45) is 0. The zero-order valence-electron chi connectivity index (χ0n) is 20.6. The maximum Gasteiger partial charge on any atom is 0.243 e. The molecule has 8 nitrogen and oxygen atoms in total. The molecule has 2 N–H and O–H groups in total. The van der Waals surface area contributed by atoms with Crippen molar-refractivity contribution in [2.45, 2.75) is 43.5 Å². The lowest BCUT2D eigenvalue weighted by atomic mass is 10.1. The van der Waals surface area contributed by atoms with Crippen molar-refractivity contribution in [1.29, 1.82) is 0 Å². The molecule has 37 heavy (non-hydrogen) atoms. The fourth-order valence-corrected chi connectivity index (χ4v) is 8.14. The average molecular weight is 542 g/mol. The number of sulfonamides is 1. The van der Waals surface area contributed by atoms with Crippen molar-refractivity contribution in [2.24, 2.45) is 0 Å². The van der Waals surface area contributed by atoms with Gasteiger partial charge in [0.1, 0.15) is 0 Å². The molecule has 0 bridgehead atoms. The summed E-state index contributed by atoms with van der Waals surface area (Å²) in [6, 6.07) is 23.7. The molecule has 0 spiro atoms. The molecule has 4 rings (SSSR count). The van der Waals surface area contributed by atoms with E-state index in [0.29, 0.717) is 6.54 Å². The van der Waals surface area contributed by atoms with Gasteiger partial charge in [-0.3, -0.25) is 4.79 Å². The largest absolute Gasteiger partial charge is 0.352 e. The summed E-state index contributed by atoms with van der Waals surface area (Å²) in [6.45, 7) is 2.17. The molecule has 0 saturated carbocycles. The Morgan fingerprint density at radius 1 is 0.838 bits per heavy atom. The van der Waals surface area contributed by atoms with Crippen LogP contribution in [0.5, 0.6) is 0 Å². The van der Waals surface area contributed by atoms with Gasteiger partial charge < -0.3 is 10.6 Å². The molecule has 1 aliphatic heterocycles. The Hall–Kier alpha value is -3.05. The van der Waals surface area contributed by atoms with Crippen LogP contribution in [0.1, 0.15) is 23.6 Å². The molecule has 1 amide bonds. The molecule has 1 fully saturated rings. The van der Waals surface area contributed by atoms with Crippen LogP contribution in [0.2, 0.25) is 0 Å². The van der Waals surface area contributed by atoms with E-state index in [1.165, 1.54) is 23.4 Å². The number of hydrogen-bond acceptors (Lipinski definition) is 6. The number of nitrogens with one attached hydrogen (secondary N) is 2. The molecule has 3 aromatic carbocycles. The van der Waals surface area contributed by atoms with E-state index in [-0.39, 0.29) is 35.4 Å². The predicted octanol–water partition coefficient (Wildman–Crippen LogP) is 2.47. The smallest absolute Gasteiger partial charge is 0.243 e. The van der Waals surface area contributed by atoms with Gasteiger partial charge in [0.2, 0.25) is 15.9 Å². The van der Waals surface area contributed by atoms with E-state index in [1.807, 2.05) is 60.7 Å². The van der Waals surface area contributed by atoms with Gasteiger partial charge in [-0.2, -0.15) is 4.31 Å². The predicted molar refractivity (Wildman–Crippen MR) is 143 cm³/mol. The van der Waals surface area contributed by atoms with Crippen LogP contribution in [-0.2, 0) is 44.3 Å². The minimum atomic E-state index is -4.06. The minimum absolute atomic E-state index is 0.0422. The number of carbonyl (C=O) groups is 1. The lowest BCUT2D eigenvalue weighted by Gasteiger charge is -2.32. The van der Waals surface area contributed by atoms with Crippen molar-refractivity contribution in [3.05, 3.63) is 102 Å². The maximum atomic E-state index is 14.0. The highest BCUT2D eigenvalue weighted by molar-refractivity contribution is 7.92. The van der Waals surface area contributed by atoms with E-state index >= 15 is 0 Å². The summed E-state index contributed by atoms with van der Waals surface area (Å²) >= 11 is 0. The zero-order chi connectivity index (χ0) is 26.5. The first-order valence-corrected chi connectivity index (χ1v) is 15.3. The number of nitrogens with zero attached hydrogens (tertiary/aromatic N) is 1. The number of amides is 1. The topological polar surface area (TPSA) is 113 Å². The lowest BCUT2D eigenvalue weighted by molar-refractivity contribution is -0.119. The van der Waals surface area contributed by atoms with Crippen LogP contribution in [0, 0.1) is 0 Å². The van der Waals surface area contributed by atoms with Crippen molar-refractivity contribution < 1.29 is 21.6 Å². The van der Waals surface area contributed by atoms with E-state index < -0.39 is 31.9 Å². The molecule has 1 heterocycles. The van der Waals surface area contributed by atoms with E-state index in [1.54, 1.807) is 12.1 Å². The molecular formula is C27H31N3O5S2. The van der Waals surface area contributed by atoms with E-state index in [0.717, 1.165) is 16.7 Å².